The summed E-state index contributed by atoms with van der Waals surface area (Å²) < 4.78 is 0. The highest BCUT2D eigenvalue weighted by Gasteiger charge is 2.33. The minimum absolute atomic E-state index is 0.0152. The first-order valence-electron chi connectivity index (χ1n) is 9.92. The molecule has 2 aromatic rings. The molecule has 148 valence electrons. The van der Waals surface area contributed by atoms with Crippen LogP contribution in [-0.2, 0) is 11.3 Å². The Labute approximate surface area is 167 Å². The highest BCUT2D eigenvalue weighted by molar-refractivity contribution is 5.78. The fourth-order valence-corrected chi connectivity index (χ4v) is 3.29. The molecule has 0 heterocycles. The number of carbonyl (C=O) groups excluding carboxylic acids is 2. The maximum Gasteiger partial charge on any atom is 0.315 e. The Balaban J connectivity index is 1.43. The SMILES string of the molecule is Cc1ccc(C(NC(=O)NCCC(=O)N(C)Cc2ccccc2)C2CC2)cc1. The van der Waals surface area contributed by atoms with Crippen molar-refractivity contribution in [1.29, 1.82) is 0 Å². The van der Waals surface area contributed by atoms with E-state index in [4.69, 9.17) is 0 Å². The van der Waals surface area contributed by atoms with E-state index in [1.807, 2.05) is 30.3 Å². The number of nitrogens with one attached hydrogen (secondary N) is 2. The Hall–Kier alpha value is -2.82. The second-order valence-corrected chi connectivity index (χ2v) is 7.61. The maximum atomic E-state index is 12.3. The lowest BCUT2D eigenvalue weighted by Gasteiger charge is -2.20. The predicted molar refractivity (Wildman–Crippen MR) is 111 cm³/mol. The smallest absolute Gasteiger partial charge is 0.315 e. The summed E-state index contributed by atoms with van der Waals surface area (Å²) in [5.41, 5.74) is 3.44. The summed E-state index contributed by atoms with van der Waals surface area (Å²) >= 11 is 0. The molecule has 0 aromatic heterocycles. The van der Waals surface area contributed by atoms with Gasteiger partial charge in [0.1, 0.15) is 0 Å². The van der Waals surface area contributed by atoms with Crippen molar-refractivity contribution in [1.82, 2.24) is 15.5 Å². The third-order valence-corrected chi connectivity index (χ3v) is 5.13. The van der Waals surface area contributed by atoms with Gasteiger partial charge in [0.15, 0.2) is 0 Å². The second-order valence-electron chi connectivity index (χ2n) is 7.61. The molecule has 0 bridgehead atoms. The molecule has 3 amide bonds. The van der Waals surface area contributed by atoms with Crippen LogP contribution >= 0.6 is 0 Å². The molecule has 28 heavy (non-hydrogen) atoms. The van der Waals surface area contributed by atoms with Crippen molar-refractivity contribution in [3.05, 3.63) is 71.3 Å². The Morgan fingerprint density at radius 3 is 2.39 bits per heavy atom. The lowest BCUT2D eigenvalue weighted by Crippen LogP contribution is -2.40. The van der Waals surface area contributed by atoms with Gasteiger partial charge in [0.25, 0.3) is 0 Å². The zero-order valence-corrected chi connectivity index (χ0v) is 16.7. The molecule has 0 aliphatic heterocycles. The van der Waals surface area contributed by atoms with Crippen molar-refractivity contribution in [2.45, 2.75) is 38.8 Å². The number of amides is 3. The summed E-state index contributed by atoms with van der Waals surface area (Å²) in [6.45, 7) is 2.96. The molecule has 0 saturated heterocycles. The predicted octanol–water partition coefficient (Wildman–Crippen LogP) is 3.79. The number of hydrogen-bond donors (Lipinski definition) is 2. The first kappa shape index (κ1) is 19.9. The van der Waals surface area contributed by atoms with Gasteiger partial charge in [-0.25, -0.2) is 4.79 Å². The number of aryl methyl sites for hydroxylation is 1. The van der Waals surface area contributed by atoms with Crippen LogP contribution in [0, 0.1) is 12.8 Å². The number of urea groups is 1. The summed E-state index contributed by atoms with van der Waals surface area (Å²) in [5, 5.41) is 5.91. The molecule has 1 aliphatic carbocycles. The van der Waals surface area contributed by atoms with Gasteiger partial charge in [-0.05, 0) is 36.8 Å². The first-order chi connectivity index (χ1) is 13.5. The number of nitrogens with zero attached hydrogens (tertiary/aromatic N) is 1. The van der Waals surface area contributed by atoms with Crippen LogP contribution in [0.3, 0.4) is 0 Å². The number of rotatable bonds is 8. The topological polar surface area (TPSA) is 61.4 Å². The molecular formula is C23H29N3O2. The monoisotopic (exact) mass is 379 g/mol. The van der Waals surface area contributed by atoms with Gasteiger partial charge in [-0.2, -0.15) is 0 Å². The fourth-order valence-electron chi connectivity index (χ4n) is 3.29. The van der Waals surface area contributed by atoms with Crippen LogP contribution in [0.1, 0.15) is 42.0 Å². The molecule has 2 aromatic carbocycles. The van der Waals surface area contributed by atoms with Gasteiger partial charge in [0.2, 0.25) is 5.91 Å². The quantitative estimate of drug-likeness (QED) is 0.733. The fraction of sp³-hybridized carbons (Fsp3) is 0.391. The van der Waals surface area contributed by atoms with E-state index < -0.39 is 0 Å². The van der Waals surface area contributed by atoms with E-state index in [1.165, 1.54) is 5.56 Å². The second kappa shape index (κ2) is 9.40. The first-order valence-corrected chi connectivity index (χ1v) is 9.92. The Morgan fingerprint density at radius 2 is 1.75 bits per heavy atom. The van der Waals surface area contributed by atoms with E-state index in [0.717, 1.165) is 24.0 Å². The molecule has 0 spiro atoms. The normalized spacial score (nSPS) is 14.2. The summed E-state index contributed by atoms with van der Waals surface area (Å²) in [6, 6.07) is 18.0. The molecule has 1 aliphatic rings. The summed E-state index contributed by atoms with van der Waals surface area (Å²) in [7, 11) is 1.79. The average molecular weight is 380 g/mol. The Kier molecular flexibility index (Phi) is 6.69. The van der Waals surface area contributed by atoms with Crippen LogP contribution < -0.4 is 10.6 Å². The standard InChI is InChI=1S/C23H29N3O2/c1-17-8-10-19(11-9-17)22(20-12-13-20)25-23(28)24-15-14-21(27)26(2)16-18-6-4-3-5-7-18/h3-11,20,22H,12-16H2,1-2H3,(H2,24,25,28). The van der Waals surface area contributed by atoms with E-state index in [1.54, 1.807) is 11.9 Å². The van der Waals surface area contributed by atoms with Crippen molar-refractivity contribution in [2.75, 3.05) is 13.6 Å². The molecule has 0 radical (unpaired) electrons. The number of carbonyl (C=O) groups is 2. The van der Waals surface area contributed by atoms with E-state index in [9.17, 15) is 9.59 Å². The minimum atomic E-state index is -0.212. The molecule has 5 heteroatoms. The molecule has 3 rings (SSSR count). The molecule has 1 atom stereocenters. The maximum absolute atomic E-state index is 12.3. The highest BCUT2D eigenvalue weighted by Crippen LogP contribution is 2.40. The minimum Gasteiger partial charge on any atom is -0.341 e. The van der Waals surface area contributed by atoms with Crippen molar-refractivity contribution in [3.8, 4) is 0 Å². The van der Waals surface area contributed by atoms with Gasteiger partial charge < -0.3 is 15.5 Å². The van der Waals surface area contributed by atoms with Crippen LogP contribution in [-0.4, -0.2) is 30.4 Å². The van der Waals surface area contributed by atoms with Crippen LogP contribution in [0.4, 0.5) is 4.79 Å². The third-order valence-electron chi connectivity index (χ3n) is 5.13. The number of benzene rings is 2. The summed E-state index contributed by atoms with van der Waals surface area (Å²) in [4.78, 5) is 26.3. The molecule has 1 saturated carbocycles. The Bertz CT molecular complexity index is 785. The van der Waals surface area contributed by atoms with Crippen LogP contribution in [0.5, 0.6) is 0 Å². The van der Waals surface area contributed by atoms with E-state index in [0.29, 0.717) is 19.0 Å². The van der Waals surface area contributed by atoms with E-state index in [2.05, 4.69) is 41.8 Å². The van der Waals surface area contributed by atoms with Crippen LogP contribution in [0.2, 0.25) is 0 Å². The largest absolute Gasteiger partial charge is 0.341 e. The highest BCUT2D eigenvalue weighted by atomic mass is 16.2. The van der Waals surface area contributed by atoms with Gasteiger partial charge in [-0.1, -0.05) is 60.2 Å². The van der Waals surface area contributed by atoms with E-state index >= 15 is 0 Å². The summed E-state index contributed by atoms with van der Waals surface area (Å²) in [6.07, 6.45) is 2.57. The van der Waals surface area contributed by atoms with Gasteiger partial charge in [-0.15, -0.1) is 0 Å². The summed E-state index contributed by atoms with van der Waals surface area (Å²) in [5.74, 6) is 0.522. The van der Waals surface area contributed by atoms with Crippen LogP contribution in [0.15, 0.2) is 54.6 Å². The number of hydrogen-bond acceptors (Lipinski definition) is 2. The van der Waals surface area contributed by atoms with Gasteiger partial charge in [0.05, 0.1) is 6.04 Å². The molecular weight excluding hydrogens is 350 g/mol. The van der Waals surface area contributed by atoms with Crippen LogP contribution in [0.25, 0.3) is 0 Å². The van der Waals surface area contributed by atoms with Gasteiger partial charge in [0, 0.05) is 26.6 Å². The molecule has 1 fully saturated rings. The van der Waals surface area contributed by atoms with Gasteiger partial charge >= 0.3 is 6.03 Å². The van der Waals surface area contributed by atoms with Crippen molar-refractivity contribution in [2.24, 2.45) is 5.92 Å². The zero-order chi connectivity index (χ0) is 19.9. The van der Waals surface area contributed by atoms with Crippen molar-refractivity contribution >= 4 is 11.9 Å². The molecule has 1 unspecified atom stereocenters. The Morgan fingerprint density at radius 1 is 1.07 bits per heavy atom. The zero-order valence-electron chi connectivity index (χ0n) is 16.7. The third kappa shape index (κ3) is 5.84. The lowest BCUT2D eigenvalue weighted by atomic mass is 10.0. The average Bonchev–Trinajstić information content (AvgIpc) is 3.53. The van der Waals surface area contributed by atoms with Crippen molar-refractivity contribution in [3.63, 3.8) is 0 Å². The van der Waals surface area contributed by atoms with E-state index in [-0.39, 0.29) is 24.4 Å². The van der Waals surface area contributed by atoms with Crippen molar-refractivity contribution < 1.29 is 9.59 Å². The van der Waals surface area contributed by atoms with Gasteiger partial charge in [-0.3, -0.25) is 4.79 Å². The molecule has 5 nitrogen and oxygen atoms in total. The molecule has 2 N–H and O–H groups in total. The lowest BCUT2D eigenvalue weighted by molar-refractivity contribution is -0.130.